The van der Waals surface area contributed by atoms with Crippen LogP contribution in [0.4, 0.5) is 0 Å². The van der Waals surface area contributed by atoms with Crippen LogP contribution in [-0.4, -0.2) is 0 Å². The van der Waals surface area contributed by atoms with Gasteiger partial charge in [-0.2, -0.15) is 0 Å². The van der Waals surface area contributed by atoms with Crippen molar-refractivity contribution in [2.45, 2.75) is 103 Å². The molecule has 0 amide bonds. The zero-order valence-electron chi connectivity index (χ0n) is 17.3. The van der Waals surface area contributed by atoms with Crippen LogP contribution in [-0.2, 0) is 6.42 Å². The van der Waals surface area contributed by atoms with E-state index in [1.54, 1.807) is 6.07 Å². The van der Waals surface area contributed by atoms with Gasteiger partial charge in [0.25, 0.3) is 0 Å². The first-order chi connectivity index (χ1) is 13.3. The molecule has 1 aromatic carbocycles. The topological polar surface area (TPSA) is 30.2 Å². The molecule has 0 atom stereocenters. The first kappa shape index (κ1) is 21.7. The van der Waals surface area contributed by atoms with Crippen LogP contribution in [0.1, 0.15) is 103 Å². The fourth-order valence-corrected chi connectivity index (χ4v) is 3.77. The maximum absolute atomic E-state index is 12.1. The van der Waals surface area contributed by atoms with Crippen LogP contribution in [0.15, 0.2) is 39.5 Å². The molecule has 150 valence electrons. The van der Waals surface area contributed by atoms with Gasteiger partial charge in [0.05, 0.1) is 5.39 Å². The molecule has 1 heterocycles. The van der Waals surface area contributed by atoms with Gasteiger partial charge in [0.15, 0.2) is 5.43 Å². The van der Waals surface area contributed by atoms with Crippen LogP contribution >= 0.6 is 0 Å². The normalized spacial score (nSPS) is 11.3. The van der Waals surface area contributed by atoms with Crippen LogP contribution in [0.3, 0.4) is 0 Å². The smallest absolute Gasteiger partial charge is 0.192 e. The Morgan fingerprint density at radius 2 is 1.22 bits per heavy atom. The van der Waals surface area contributed by atoms with Gasteiger partial charge in [-0.15, -0.1) is 0 Å². The standard InChI is InChI=1S/C25H38O2/c1-2-3-4-5-6-7-8-9-10-11-12-13-14-15-18-22-21-24(26)23-19-16-17-20-25(23)27-22/h16-17,19-21H,2-15,18H2,1H3. The Kier molecular flexibility index (Phi) is 10.9. The molecule has 0 radical (unpaired) electrons. The molecule has 2 aromatic rings. The summed E-state index contributed by atoms with van der Waals surface area (Å²) in [7, 11) is 0. The summed E-state index contributed by atoms with van der Waals surface area (Å²) in [6.45, 7) is 2.28. The highest BCUT2D eigenvalue weighted by molar-refractivity contribution is 5.76. The van der Waals surface area contributed by atoms with Crippen molar-refractivity contribution in [2.24, 2.45) is 0 Å². The SMILES string of the molecule is CCCCCCCCCCCCCCCCc1cc(=O)c2ccccc2o1. The quantitative estimate of drug-likeness (QED) is 0.299. The summed E-state index contributed by atoms with van der Waals surface area (Å²) in [6, 6.07) is 9.18. The molecule has 0 aliphatic carbocycles. The van der Waals surface area contributed by atoms with Gasteiger partial charge in [-0.3, -0.25) is 4.79 Å². The largest absolute Gasteiger partial charge is 0.461 e. The second kappa shape index (κ2) is 13.6. The highest BCUT2D eigenvalue weighted by atomic mass is 16.3. The molecule has 27 heavy (non-hydrogen) atoms. The average Bonchev–Trinajstić information content (AvgIpc) is 2.68. The molecule has 0 saturated carbocycles. The van der Waals surface area contributed by atoms with Gasteiger partial charge in [-0.05, 0) is 18.6 Å². The molecule has 0 N–H and O–H groups in total. The minimum atomic E-state index is 0.0808. The van der Waals surface area contributed by atoms with E-state index in [2.05, 4.69) is 6.92 Å². The van der Waals surface area contributed by atoms with Crippen LogP contribution in [0, 0.1) is 0 Å². The van der Waals surface area contributed by atoms with Crippen LogP contribution in [0.5, 0.6) is 0 Å². The van der Waals surface area contributed by atoms with Gasteiger partial charge in [-0.25, -0.2) is 0 Å². The molecule has 0 saturated heterocycles. The lowest BCUT2D eigenvalue weighted by Gasteiger charge is -2.04. The molecule has 0 aliphatic heterocycles. The third-order valence-corrected chi connectivity index (χ3v) is 5.46. The van der Waals surface area contributed by atoms with Crippen molar-refractivity contribution in [1.29, 1.82) is 0 Å². The van der Waals surface area contributed by atoms with Gasteiger partial charge < -0.3 is 4.42 Å². The first-order valence-corrected chi connectivity index (χ1v) is 11.3. The van der Waals surface area contributed by atoms with E-state index in [4.69, 9.17) is 4.42 Å². The minimum absolute atomic E-state index is 0.0808. The Balaban J connectivity index is 1.46. The first-order valence-electron chi connectivity index (χ1n) is 11.3. The maximum Gasteiger partial charge on any atom is 0.192 e. The van der Waals surface area contributed by atoms with Crippen molar-refractivity contribution in [1.82, 2.24) is 0 Å². The highest BCUT2D eigenvalue weighted by Gasteiger charge is 2.04. The van der Waals surface area contributed by atoms with E-state index >= 15 is 0 Å². The molecule has 0 unspecified atom stereocenters. The molecule has 0 aliphatic rings. The predicted octanol–water partition coefficient (Wildman–Crippen LogP) is 7.82. The molecule has 0 spiro atoms. The minimum Gasteiger partial charge on any atom is -0.461 e. The number of unbranched alkanes of at least 4 members (excludes halogenated alkanes) is 13. The van der Waals surface area contributed by atoms with Crippen molar-refractivity contribution in [3.05, 3.63) is 46.3 Å². The fraction of sp³-hybridized carbons (Fsp3) is 0.640. The Labute approximate surface area is 165 Å². The maximum atomic E-state index is 12.1. The molecule has 0 fully saturated rings. The van der Waals surface area contributed by atoms with Crippen molar-refractivity contribution >= 4 is 11.0 Å². The van der Waals surface area contributed by atoms with E-state index in [0.29, 0.717) is 11.0 Å². The third-order valence-electron chi connectivity index (χ3n) is 5.46. The van der Waals surface area contributed by atoms with Crippen LogP contribution < -0.4 is 5.43 Å². The van der Waals surface area contributed by atoms with Crippen LogP contribution in [0.2, 0.25) is 0 Å². The van der Waals surface area contributed by atoms with Gasteiger partial charge in [0.1, 0.15) is 11.3 Å². The lowest BCUT2D eigenvalue weighted by Crippen LogP contribution is -2.02. The number of benzene rings is 1. The third kappa shape index (κ3) is 8.77. The highest BCUT2D eigenvalue weighted by Crippen LogP contribution is 2.16. The molecular weight excluding hydrogens is 332 g/mol. The number of hydrogen-bond donors (Lipinski definition) is 0. The Bertz CT molecular complexity index is 686. The van der Waals surface area contributed by atoms with E-state index in [1.165, 1.54) is 83.5 Å². The van der Waals surface area contributed by atoms with Crippen molar-refractivity contribution in [3.8, 4) is 0 Å². The number of rotatable bonds is 15. The number of aryl methyl sites for hydroxylation is 1. The summed E-state index contributed by atoms with van der Waals surface area (Å²) in [5.74, 6) is 0.831. The number of fused-ring (bicyclic) bond motifs is 1. The van der Waals surface area contributed by atoms with Crippen LogP contribution in [0.25, 0.3) is 11.0 Å². The van der Waals surface area contributed by atoms with Gasteiger partial charge in [0, 0.05) is 12.5 Å². The van der Waals surface area contributed by atoms with Crippen molar-refractivity contribution in [3.63, 3.8) is 0 Å². The van der Waals surface area contributed by atoms with Gasteiger partial charge in [-0.1, -0.05) is 103 Å². The second-order valence-electron chi connectivity index (χ2n) is 7.92. The number of hydrogen-bond acceptors (Lipinski definition) is 2. The molecular formula is C25H38O2. The van der Waals surface area contributed by atoms with E-state index in [1.807, 2.05) is 24.3 Å². The molecule has 1 aromatic heterocycles. The van der Waals surface area contributed by atoms with E-state index in [0.717, 1.165) is 18.6 Å². The lowest BCUT2D eigenvalue weighted by atomic mass is 10.0. The summed E-state index contributed by atoms with van der Waals surface area (Å²) in [4.78, 5) is 12.1. The van der Waals surface area contributed by atoms with Gasteiger partial charge in [0.2, 0.25) is 0 Å². The molecule has 2 rings (SSSR count). The molecule has 2 nitrogen and oxygen atoms in total. The zero-order valence-corrected chi connectivity index (χ0v) is 17.3. The number of para-hydroxylation sites is 1. The predicted molar refractivity (Wildman–Crippen MR) is 117 cm³/mol. The van der Waals surface area contributed by atoms with Crippen molar-refractivity contribution in [2.75, 3.05) is 0 Å². The second-order valence-corrected chi connectivity index (χ2v) is 7.92. The fourth-order valence-electron chi connectivity index (χ4n) is 3.77. The summed E-state index contributed by atoms with van der Waals surface area (Å²) < 4.78 is 5.86. The summed E-state index contributed by atoms with van der Waals surface area (Å²) >= 11 is 0. The van der Waals surface area contributed by atoms with Crippen molar-refractivity contribution < 1.29 is 4.42 Å². The molecule has 0 bridgehead atoms. The molecule has 2 heteroatoms. The van der Waals surface area contributed by atoms with E-state index < -0.39 is 0 Å². The Hall–Kier alpha value is -1.57. The monoisotopic (exact) mass is 370 g/mol. The summed E-state index contributed by atoms with van der Waals surface area (Å²) in [5, 5.41) is 0.683. The lowest BCUT2D eigenvalue weighted by molar-refractivity contribution is 0.505. The summed E-state index contributed by atoms with van der Waals surface area (Å²) in [6.07, 6.45) is 20.0. The Morgan fingerprint density at radius 3 is 1.81 bits per heavy atom. The summed E-state index contributed by atoms with van der Waals surface area (Å²) in [5.41, 5.74) is 0.794. The van der Waals surface area contributed by atoms with Gasteiger partial charge >= 0.3 is 0 Å². The Morgan fingerprint density at radius 1 is 0.704 bits per heavy atom. The van der Waals surface area contributed by atoms with E-state index in [-0.39, 0.29) is 5.43 Å². The average molecular weight is 371 g/mol. The van der Waals surface area contributed by atoms with E-state index in [9.17, 15) is 4.79 Å². The zero-order chi connectivity index (χ0) is 19.2.